The number of benzene rings is 1. The molecule has 1 aliphatic carbocycles. The molecule has 0 nitrogen and oxygen atoms in total. The van der Waals surface area contributed by atoms with E-state index >= 15 is 0 Å². The maximum atomic E-state index is 6.27. The molecule has 2 rings (SSSR count). The summed E-state index contributed by atoms with van der Waals surface area (Å²) in [6.07, 6.45) is 4.68. The van der Waals surface area contributed by atoms with Crippen LogP contribution >= 0.6 is 23.2 Å². The van der Waals surface area contributed by atoms with E-state index in [2.05, 4.69) is 19.1 Å². The second-order valence-corrected chi connectivity index (χ2v) is 5.45. The van der Waals surface area contributed by atoms with Gasteiger partial charge in [-0.2, -0.15) is 0 Å². The third-order valence-electron chi connectivity index (χ3n) is 3.03. The van der Waals surface area contributed by atoms with E-state index in [0.717, 1.165) is 23.8 Å². The quantitative estimate of drug-likeness (QED) is 0.678. The Morgan fingerprint density at radius 3 is 2.73 bits per heavy atom. The molecule has 1 aliphatic rings. The zero-order valence-electron chi connectivity index (χ0n) is 8.97. The Hall–Kier alpha value is -0.200. The van der Waals surface area contributed by atoms with Crippen LogP contribution in [0.3, 0.4) is 0 Å². The summed E-state index contributed by atoms with van der Waals surface area (Å²) in [6.45, 7) is 2.06. The molecule has 82 valence electrons. The maximum absolute atomic E-state index is 6.27. The predicted octanol–water partition coefficient (Wildman–Crippen LogP) is 4.60. The molecule has 1 atom stereocenters. The van der Waals surface area contributed by atoms with Crippen molar-refractivity contribution in [2.45, 2.75) is 38.0 Å². The summed E-state index contributed by atoms with van der Waals surface area (Å²) in [4.78, 5) is 0. The van der Waals surface area contributed by atoms with Gasteiger partial charge in [0.25, 0.3) is 0 Å². The zero-order chi connectivity index (χ0) is 10.8. The molecular weight excluding hydrogens is 227 g/mol. The van der Waals surface area contributed by atoms with Crippen LogP contribution in [0.2, 0.25) is 5.02 Å². The number of hydrogen-bond donors (Lipinski definition) is 0. The minimum Gasteiger partial charge on any atom is -0.123 e. The second kappa shape index (κ2) is 4.76. The Kier molecular flexibility index (Phi) is 3.58. The van der Waals surface area contributed by atoms with Crippen LogP contribution in [-0.2, 0) is 6.42 Å². The van der Waals surface area contributed by atoms with Gasteiger partial charge in [-0.15, -0.1) is 11.6 Å². The molecule has 0 N–H and O–H groups in total. The normalized spacial score (nSPS) is 17.8. The van der Waals surface area contributed by atoms with Crippen LogP contribution in [0.1, 0.15) is 30.4 Å². The van der Waals surface area contributed by atoms with Gasteiger partial charge in [0.2, 0.25) is 0 Å². The molecule has 1 aromatic rings. The molecule has 0 saturated heterocycles. The lowest BCUT2D eigenvalue weighted by Gasteiger charge is -2.09. The van der Waals surface area contributed by atoms with Gasteiger partial charge in [-0.05, 0) is 55.7 Å². The molecule has 1 saturated carbocycles. The number of alkyl halides is 1. The number of rotatable bonds is 4. The molecule has 0 radical (unpaired) electrons. The van der Waals surface area contributed by atoms with E-state index < -0.39 is 0 Å². The Bertz CT molecular complexity index is 342. The first-order valence-corrected chi connectivity index (χ1v) is 6.37. The topological polar surface area (TPSA) is 0 Å². The van der Waals surface area contributed by atoms with Gasteiger partial charge >= 0.3 is 0 Å². The van der Waals surface area contributed by atoms with Crippen molar-refractivity contribution >= 4 is 23.2 Å². The molecule has 1 aromatic carbocycles. The van der Waals surface area contributed by atoms with Crippen molar-refractivity contribution in [2.24, 2.45) is 5.92 Å². The lowest BCUT2D eigenvalue weighted by Crippen LogP contribution is -2.03. The second-order valence-electron chi connectivity index (χ2n) is 4.49. The highest BCUT2D eigenvalue weighted by atomic mass is 35.5. The molecule has 0 aromatic heterocycles. The van der Waals surface area contributed by atoms with Crippen LogP contribution in [0.4, 0.5) is 0 Å². The summed E-state index contributed by atoms with van der Waals surface area (Å²) in [7, 11) is 0. The van der Waals surface area contributed by atoms with Gasteiger partial charge in [0.05, 0.1) is 0 Å². The van der Waals surface area contributed by atoms with Crippen molar-refractivity contribution < 1.29 is 0 Å². The minimum absolute atomic E-state index is 0.349. The fourth-order valence-corrected chi connectivity index (χ4v) is 2.53. The van der Waals surface area contributed by atoms with Gasteiger partial charge in [-0.25, -0.2) is 0 Å². The van der Waals surface area contributed by atoms with Crippen molar-refractivity contribution in [3.05, 3.63) is 34.3 Å². The monoisotopic (exact) mass is 242 g/mol. The van der Waals surface area contributed by atoms with Crippen LogP contribution in [0.15, 0.2) is 18.2 Å². The highest BCUT2D eigenvalue weighted by molar-refractivity contribution is 6.31. The van der Waals surface area contributed by atoms with Crippen LogP contribution < -0.4 is 0 Å². The molecule has 2 heteroatoms. The van der Waals surface area contributed by atoms with Crippen LogP contribution in [-0.4, -0.2) is 5.38 Å². The van der Waals surface area contributed by atoms with E-state index in [-0.39, 0.29) is 0 Å². The average molecular weight is 243 g/mol. The SMILES string of the molecule is Cc1ccc(CCC(Cl)C2CC2)c(Cl)c1. The van der Waals surface area contributed by atoms with Crippen molar-refractivity contribution in [3.8, 4) is 0 Å². The largest absolute Gasteiger partial charge is 0.123 e. The van der Waals surface area contributed by atoms with Crippen LogP contribution in [0.5, 0.6) is 0 Å². The van der Waals surface area contributed by atoms with Gasteiger partial charge in [-0.3, -0.25) is 0 Å². The molecular formula is C13H16Cl2. The number of hydrogen-bond acceptors (Lipinski definition) is 0. The van der Waals surface area contributed by atoms with Gasteiger partial charge in [0.15, 0.2) is 0 Å². The fraction of sp³-hybridized carbons (Fsp3) is 0.538. The highest BCUT2D eigenvalue weighted by Crippen LogP contribution is 2.37. The fourth-order valence-electron chi connectivity index (χ4n) is 1.84. The van der Waals surface area contributed by atoms with E-state index in [9.17, 15) is 0 Å². The minimum atomic E-state index is 0.349. The number of halogens is 2. The van der Waals surface area contributed by atoms with Gasteiger partial charge < -0.3 is 0 Å². The summed E-state index contributed by atoms with van der Waals surface area (Å²) < 4.78 is 0. The predicted molar refractivity (Wildman–Crippen MR) is 66.9 cm³/mol. The molecule has 0 spiro atoms. The summed E-state index contributed by atoms with van der Waals surface area (Å²) in [5.74, 6) is 0.774. The Morgan fingerprint density at radius 1 is 1.40 bits per heavy atom. The first-order chi connectivity index (χ1) is 7.16. The lowest BCUT2D eigenvalue weighted by atomic mass is 10.0. The average Bonchev–Trinajstić information content (AvgIpc) is 2.99. The summed E-state index contributed by atoms with van der Waals surface area (Å²) in [5.41, 5.74) is 2.45. The lowest BCUT2D eigenvalue weighted by molar-refractivity contribution is 0.676. The van der Waals surface area contributed by atoms with Gasteiger partial charge in [-0.1, -0.05) is 23.7 Å². The van der Waals surface area contributed by atoms with E-state index in [0.29, 0.717) is 5.38 Å². The standard InChI is InChI=1S/C13H16Cl2/c1-9-2-3-11(13(15)8-9)6-7-12(14)10-4-5-10/h2-3,8,10,12H,4-7H2,1H3. The molecule has 0 amide bonds. The van der Waals surface area contributed by atoms with Crippen LogP contribution in [0, 0.1) is 12.8 Å². The van der Waals surface area contributed by atoms with Crippen molar-refractivity contribution in [3.63, 3.8) is 0 Å². The van der Waals surface area contributed by atoms with Crippen molar-refractivity contribution in [1.29, 1.82) is 0 Å². The molecule has 0 bridgehead atoms. The smallest absolute Gasteiger partial charge is 0.0440 e. The van der Waals surface area contributed by atoms with E-state index in [1.54, 1.807) is 0 Å². The van der Waals surface area contributed by atoms with E-state index in [1.165, 1.54) is 24.0 Å². The van der Waals surface area contributed by atoms with Crippen molar-refractivity contribution in [1.82, 2.24) is 0 Å². The number of aryl methyl sites for hydroxylation is 2. The zero-order valence-corrected chi connectivity index (χ0v) is 10.5. The molecule has 1 fully saturated rings. The Labute approximate surface area is 102 Å². The first-order valence-electron chi connectivity index (χ1n) is 5.56. The third-order valence-corrected chi connectivity index (χ3v) is 3.96. The van der Waals surface area contributed by atoms with Crippen LogP contribution in [0.25, 0.3) is 0 Å². The van der Waals surface area contributed by atoms with E-state index in [4.69, 9.17) is 23.2 Å². The first kappa shape index (κ1) is 11.3. The molecule has 1 unspecified atom stereocenters. The summed E-state index contributed by atoms with van der Waals surface area (Å²) >= 11 is 12.4. The highest BCUT2D eigenvalue weighted by Gasteiger charge is 2.29. The summed E-state index contributed by atoms with van der Waals surface area (Å²) in [6, 6.07) is 6.26. The summed E-state index contributed by atoms with van der Waals surface area (Å²) in [5, 5.41) is 1.23. The van der Waals surface area contributed by atoms with Gasteiger partial charge in [0, 0.05) is 10.4 Å². The molecule has 0 heterocycles. The van der Waals surface area contributed by atoms with Gasteiger partial charge in [0.1, 0.15) is 0 Å². The van der Waals surface area contributed by atoms with E-state index in [1.807, 2.05) is 6.07 Å². The van der Waals surface area contributed by atoms with Crippen molar-refractivity contribution in [2.75, 3.05) is 0 Å². The third kappa shape index (κ3) is 3.12. The molecule has 0 aliphatic heterocycles. The Balaban J connectivity index is 1.92. The Morgan fingerprint density at radius 2 is 2.13 bits per heavy atom. The molecule has 15 heavy (non-hydrogen) atoms. The maximum Gasteiger partial charge on any atom is 0.0440 e.